The van der Waals surface area contributed by atoms with Crippen LogP contribution in [0, 0.1) is 11.3 Å². The Balaban J connectivity index is 2.10. The van der Waals surface area contributed by atoms with Crippen LogP contribution in [0.3, 0.4) is 0 Å². The van der Waals surface area contributed by atoms with E-state index in [1.165, 1.54) is 12.8 Å². The highest BCUT2D eigenvalue weighted by Gasteiger charge is 2.52. The molecule has 0 aromatic heterocycles. The van der Waals surface area contributed by atoms with Gasteiger partial charge in [0.05, 0.1) is 12.0 Å². The van der Waals surface area contributed by atoms with Gasteiger partial charge in [-0.05, 0) is 19.3 Å². The molecule has 2 atom stereocenters. The largest absolute Gasteiger partial charge is 0.278 e. The Morgan fingerprint density at radius 2 is 1.83 bits per heavy atom. The van der Waals surface area contributed by atoms with E-state index in [9.17, 15) is 9.59 Å². The molecule has 0 aromatic carbocycles. The lowest BCUT2D eigenvalue weighted by Crippen LogP contribution is -2.65. The lowest BCUT2D eigenvalue weighted by molar-refractivity contribution is -0.172. The fraction of sp³-hybridized carbons (Fsp3) is 0.867. The second-order valence-corrected chi connectivity index (χ2v) is 6.42. The minimum Gasteiger partial charge on any atom is -0.278 e. The lowest BCUT2D eigenvalue weighted by atomic mass is 9.76. The number of rotatable bonds is 2. The van der Waals surface area contributed by atoms with Gasteiger partial charge in [-0.2, -0.15) is 0 Å². The van der Waals surface area contributed by atoms with Crippen molar-refractivity contribution >= 4 is 11.8 Å². The molecule has 2 amide bonds. The second-order valence-electron chi connectivity index (χ2n) is 6.42. The molecule has 0 aromatic rings. The molecule has 1 aliphatic heterocycles. The molecule has 0 spiro atoms. The van der Waals surface area contributed by atoms with Crippen molar-refractivity contribution in [2.75, 3.05) is 0 Å². The van der Waals surface area contributed by atoms with Crippen molar-refractivity contribution in [1.29, 1.82) is 0 Å². The first-order valence-corrected chi connectivity index (χ1v) is 7.36. The number of carbonyl (C=O) groups is 2. The summed E-state index contributed by atoms with van der Waals surface area (Å²) in [5.41, 5.74) is -0.400. The molecule has 102 valence electrons. The summed E-state index contributed by atoms with van der Waals surface area (Å²) in [6.07, 6.45) is 7.58. The normalized spacial score (nSPS) is 29.1. The maximum absolute atomic E-state index is 12.4. The van der Waals surface area contributed by atoms with Gasteiger partial charge in [-0.15, -0.1) is 0 Å². The molecule has 0 bridgehead atoms. The number of likely N-dealkylation sites (tertiary alicyclic amines) is 1. The summed E-state index contributed by atoms with van der Waals surface area (Å²) in [6, 6.07) is 0.205. The third-order valence-corrected chi connectivity index (χ3v) is 4.80. The Morgan fingerprint density at radius 3 is 2.44 bits per heavy atom. The van der Waals surface area contributed by atoms with Gasteiger partial charge < -0.3 is 0 Å². The van der Waals surface area contributed by atoms with Crippen LogP contribution in [0.2, 0.25) is 0 Å². The molecule has 1 aliphatic carbocycles. The van der Waals surface area contributed by atoms with Gasteiger partial charge in [0.15, 0.2) is 0 Å². The molecule has 1 saturated heterocycles. The van der Waals surface area contributed by atoms with Gasteiger partial charge in [0.25, 0.3) is 0 Å². The average Bonchev–Trinajstić information content (AvgIpc) is 2.32. The smallest absolute Gasteiger partial charge is 0.235 e. The fourth-order valence-electron chi connectivity index (χ4n) is 3.05. The first-order chi connectivity index (χ1) is 8.49. The van der Waals surface area contributed by atoms with Crippen molar-refractivity contribution in [3.8, 4) is 0 Å². The molecule has 1 saturated carbocycles. The average molecular weight is 251 g/mol. The van der Waals surface area contributed by atoms with Crippen LogP contribution in [-0.2, 0) is 9.59 Å². The Kier molecular flexibility index (Phi) is 3.79. The predicted molar refractivity (Wildman–Crippen MR) is 70.9 cm³/mol. The zero-order valence-corrected chi connectivity index (χ0v) is 11.9. The molecule has 3 heteroatoms. The minimum atomic E-state index is -0.400. The van der Waals surface area contributed by atoms with Crippen LogP contribution in [0.5, 0.6) is 0 Å². The maximum Gasteiger partial charge on any atom is 0.235 e. The van der Waals surface area contributed by atoms with Gasteiger partial charge in [0.2, 0.25) is 11.8 Å². The van der Waals surface area contributed by atoms with Crippen molar-refractivity contribution in [3.05, 3.63) is 0 Å². The summed E-state index contributed by atoms with van der Waals surface area (Å²) >= 11 is 0. The van der Waals surface area contributed by atoms with Crippen LogP contribution < -0.4 is 0 Å². The molecule has 0 N–H and O–H groups in total. The fourth-order valence-corrected chi connectivity index (χ4v) is 3.05. The van der Waals surface area contributed by atoms with Crippen molar-refractivity contribution in [2.24, 2.45) is 11.3 Å². The first kappa shape index (κ1) is 13.6. The summed E-state index contributed by atoms with van der Waals surface area (Å²) < 4.78 is 0. The summed E-state index contributed by atoms with van der Waals surface area (Å²) in [4.78, 5) is 26.2. The topological polar surface area (TPSA) is 37.4 Å². The predicted octanol–water partition coefficient (Wildman–Crippen LogP) is 3.13. The van der Waals surface area contributed by atoms with E-state index in [-0.39, 0.29) is 23.8 Å². The molecule has 1 heterocycles. The number of nitrogens with zero attached hydrogens (tertiary/aromatic N) is 1. The molecular weight excluding hydrogens is 226 g/mol. The van der Waals surface area contributed by atoms with Crippen LogP contribution in [0.1, 0.15) is 65.7 Å². The Labute approximate surface area is 110 Å². The Hall–Kier alpha value is -0.860. The van der Waals surface area contributed by atoms with E-state index in [1.54, 1.807) is 4.90 Å². The molecule has 3 nitrogen and oxygen atoms in total. The van der Waals surface area contributed by atoms with Crippen LogP contribution in [0.25, 0.3) is 0 Å². The molecular formula is C15H25NO2. The number of carbonyl (C=O) groups excluding carboxylic acids is 2. The summed E-state index contributed by atoms with van der Waals surface area (Å²) in [7, 11) is 0. The SMILES string of the molecule is CCC(C)(C)C(=O)N1C(=O)C2CCCCCCC21. The zero-order chi connectivity index (χ0) is 13.3. The van der Waals surface area contributed by atoms with E-state index in [2.05, 4.69) is 0 Å². The molecule has 18 heavy (non-hydrogen) atoms. The van der Waals surface area contributed by atoms with Gasteiger partial charge in [0.1, 0.15) is 0 Å². The Bertz CT molecular complexity index is 348. The second kappa shape index (κ2) is 5.02. The van der Waals surface area contributed by atoms with Crippen LogP contribution in [0.4, 0.5) is 0 Å². The number of fused-ring (bicyclic) bond motifs is 1. The summed E-state index contributed by atoms with van der Waals surface area (Å²) in [6.45, 7) is 5.90. The number of hydrogen-bond donors (Lipinski definition) is 0. The quantitative estimate of drug-likeness (QED) is 0.707. The van der Waals surface area contributed by atoms with Gasteiger partial charge >= 0.3 is 0 Å². The minimum absolute atomic E-state index is 0.0387. The van der Waals surface area contributed by atoms with Crippen LogP contribution in [0.15, 0.2) is 0 Å². The van der Waals surface area contributed by atoms with Crippen LogP contribution in [-0.4, -0.2) is 22.8 Å². The van der Waals surface area contributed by atoms with Crippen molar-refractivity contribution in [3.63, 3.8) is 0 Å². The van der Waals surface area contributed by atoms with Crippen molar-refractivity contribution in [2.45, 2.75) is 71.8 Å². The van der Waals surface area contributed by atoms with Crippen LogP contribution >= 0.6 is 0 Å². The maximum atomic E-state index is 12.4. The number of hydrogen-bond acceptors (Lipinski definition) is 2. The summed E-state index contributed by atoms with van der Waals surface area (Å²) in [5.74, 6) is 0.271. The third kappa shape index (κ3) is 2.19. The van der Waals surface area contributed by atoms with Gasteiger partial charge in [-0.25, -0.2) is 0 Å². The van der Waals surface area contributed by atoms with Gasteiger partial charge in [0, 0.05) is 5.41 Å². The molecule has 0 radical (unpaired) electrons. The van der Waals surface area contributed by atoms with Crippen molar-refractivity contribution in [1.82, 2.24) is 4.90 Å². The number of amides is 2. The zero-order valence-electron chi connectivity index (χ0n) is 11.9. The molecule has 2 unspecified atom stereocenters. The van der Waals surface area contributed by atoms with Gasteiger partial charge in [-0.3, -0.25) is 14.5 Å². The number of imide groups is 1. The van der Waals surface area contributed by atoms with E-state index in [4.69, 9.17) is 0 Å². The standard InChI is InChI=1S/C15H25NO2/c1-4-15(2,3)14(18)16-12-10-8-6-5-7-9-11(12)13(16)17/h11-12H,4-10H2,1-3H3. The molecule has 2 fully saturated rings. The van der Waals surface area contributed by atoms with E-state index < -0.39 is 5.41 Å². The number of β-lactam (4-membered cyclic amide) rings is 1. The highest BCUT2D eigenvalue weighted by Crippen LogP contribution is 2.39. The molecule has 2 rings (SSSR count). The van der Waals surface area contributed by atoms with E-state index in [0.717, 1.165) is 32.1 Å². The molecule has 2 aliphatic rings. The van der Waals surface area contributed by atoms with Gasteiger partial charge in [-0.1, -0.05) is 46.5 Å². The Morgan fingerprint density at radius 1 is 1.22 bits per heavy atom. The highest BCUT2D eigenvalue weighted by atomic mass is 16.2. The highest BCUT2D eigenvalue weighted by molar-refractivity contribution is 6.03. The lowest BCUT2D eigenvalue weighted by Gasteiger charge is -2.49. The summed E-state index contributed by atoms with van der Waals surface area (Å²) in [5, 5.41) is 0. The van der Waals surface area contributed by atoms with Crippen molar-refractivity contribution < 1.29 is 9.59 Å². The first-order valence-electron chi connectivity index (χ1n) is 7.36. The third-order valence-electron chi connectivity index (χ3n) is 4.80. The van der Waals surface area contributed by atoms with E-state index >= 15 is 0 Å². The monoisotopic (exact) mass is 251 g/mol. The van der Waals surface area contributed by atoms with E-state index in [0.29, 0.717) is 0 Å². The van der Waals surface area contributed by atoms with E-state index in [1.807, 2.05) is 20.8 Å².